The Balaban J connectivity index is 2.23. The van der Waals surface area contributed by atoms with Gasteiger partial charge in [-0.1, -0.05) is 45.7 Å². The molecule has 0 aliphatic heterocycles. The van der Waals surface area contributed by atoms with Crippen LogP contribution in [0.3, 0.4) is 0 Å². The van der Waals surface area contributed by atoms with Gasteiger partial charge < -0.3 is 5.11 Å². The Kier molecular flexibility index (Phi) is 4.61. The highest BCUT2D eigenvalue weighted by molar-refractivity contribution is 9.10. The first-order valence-corrected chi connectivity index (χ1v) is 7.02. The Morgan fingerprint density at radius 2 is 2.00 bits per heavy atom. The number of benzene rings is 2. The van der Waals surface area contributed by atoms with Gasteiger partial charge in [0.1, 0.15) is 5.82 Å². The van der Waals surface area contributed by atoms with E-state index in [1.165, 1.54) is 12.1 Å². The Bertz CT molecular complexity index is 601. The topological polar surface area (TPSA) is 20.2 Å². The smallest absolute Gasteiger partial charge is 0.124 e. The van der Waals surface area contributed by atoms with Gasteiger partial charge in [0.15, 0.2) is 0 Å². The number of aryl methyl sites for hydroxylation is 1. The molecule has 0 fully saturated rings. The largest absolute Gasteiger partial charge is 0.388 e. The van der Waals surface area contributed by atoms with Crippen LogP contribution in [0.4, 0.5) is 4.39 Å². The Hall–Kier alpha value is -0.900. The number of rotatable bonds is 3. The molecule has 2 rings (SSSR count). The summed E-state index contributed by atoms with van der Waals surface area (Å²) in [5.74, 6) is -0.337. The highest BCUT2D eigenvalue weighted by Gasteiger charge is 2.14. The SMILES string of the molecule is Cc1ccc(CC(O)c2ccc(F)cc2Br)c(Cl)c1. The van der Waals surface area contributed by atoms with Crippen molar-refractivity contribution in [3.8, 4) is 0 Å². The molecule has 0 saturated heterocycles. The summed E-state index contributed by atoms with van der Waals surface area (Å²) in [6, 6.07) is 9.97. The number of aliphatic hydroxyl groups is 1. The van der Waals surface area contributed by atoms with E-state index < -0.39 is 6.10 Å². The molecular formula is C15H13BrClFO. The normalized spacial score (nSPS) is 12.5. The first-order chi connectivity index (χ1) is 8.97. The van der Waals surface area contributed by atoms with E-state index in [1.807, 2.05) is 25.1 Å². The second-order valence-electron chi connectivity index (χ2n) is 4.48. The lowest BCUT2D eigenvalue weighted by atomic mass is 10.0. The molecule has 0 aliphatic rings. The monoisotopic (exact) mass is 342 g/mol. The van der Waals surface area contributed by atoms with Gasteiger partial charge in [-0.3, -0.25) is 0 Å². The van der Waals surface area contributed by atoms with Gasteiger partial charge in [0, 0.05) is 15.9 Å². The van der Waals surface area contributed by atoms with Crippen molar-refractivity contribution >= 4 is 27.5 Å². The van der Waals surface area contributed by atoms with E-state index in [9.17, 15) is 9.50 Å². The zero-order valence-corrected chi connectivity index (χ0v) is 12.7. The third-order valence-electron chi connectivity index (χ3n) is 2.94. The van der Waals surface area contributed by atoms with Crippen LogP contribution in [-0.2, 0) is 6.42 Å². The summed E-state index contributed by atoms with van der Waals surface area (Å²) in [7, 11) is 0. The van der Waals surface area contributed by atoms with Gasteiger partial charge >= 0.3 is 0 Å². The molecule has 19 heavy (non-hydrogen) atoms. The van der Waals surface area contributed by atoms with Crippen molar-refractivity contribution in [3.05, 3.63) is 68.4 Å². The predicted molar refractivity (Wildman–Crippen MR) is 79.0 cm³/mol. The maximum Gasteiger partial charge on any atom is 0.124 e. The molecule has 0 saturated carbocycles. The molecule has 0 radical (unpaired) electrons. The fourth-order valence-corrected chi connectivity index (χ4v) is 2.84. The molecule has 0 amide bonds. The lowest BCUT2D eigenvalue weighted by Crippen LogP contribution is -2.03. The maximum atomic E-state index is 13.0. The third kappa shape index (κ3) is 3.56. The second-order valence-corrected chi connectivity index (χ2v) is 5.74. The highest BCUT2D eigenvalue weighted by atomic mass is 79.9. The molecule has 0 bridgehead atoms. The molecule has 0 heterocycles. The van der Waals surface area contributed by atoms with Crippen LogP contribution in [0.25, 0.3) is 0 Å². The van der Waals surface area contributed by atoms with Crippen molar-refractivity contribution < 1.29 is 9.50 Å². The van der Waals surface area contributed by atoms with E-state index in [2.05, 4.69) is 15.9 Å². The van der Waals surface area contributed by atoms with Crippen molar-refractivity contribution in [2.24, 2.45) is 0 Å². The molecule has 1 atom stereocenters. The number of aliphatic hydroxyl groups excluding tert-OH is 1. The summed E-state index contributed by atoms with van der Waals surface area (Å²) in [6.45, 7) is 1.96. The van der Waals surface area contributed by atoms with Gasteiger partial charge in [0.25, 0.3) is 0 Å². The van der Waals surface area contributed by atoms with Gasteiger partial charge in [-0.05, 0) is 41.8 Å². The predicted octanol–water partition coefficient (Wildman–Crippen LogP) is 4.83. The van der Waals surface area contributed by atoms with E-state index >= 15 is 0 Å². The molecule has 2 aromatic rings. The van der Waals surface area contributed by atoms with E-state index in [1.54, 1.807) is 6.07 Å². The summed E-state index contributed by atoms with van der Waals surface area (Å²) in [5.41, 5.74) is 2.60. The standard InChI is InChI=1S/C15H13BrClFO/c1-9-2-3-10(14(17)6-9)7-15(19)12-5-4-11(18)8-13(12)16/h2-6,8,15,19H,7H2,1H3. The molecule has 1 nitrogen and oxygen atoms in total. The van der Waals surface area contributed by atoms with Crippen LogP contribution in [0.1, 0.15) is 22.8 Å². The minimum atomic E-state index is -0.727. The van der Waals surface area contributed by atoms with Gasteiger partial charge in [0.05, 0.1) is 6.10 Å². The lowest BCUT2D eigenvalue weighted by molar-refractivity contribution is 0.177. The fourth-order valence-electron chi connectivity index (χ4n) is 1.91. The molecule has 2 aromatic carbocycles. The Labute approximate surface area is 125 Å². The molecular weight excluding hydrogens is 331 g/mol. The first kappa shape index (κ1) is 14.5. The number of halogens is 3. The van der Waals surface area contributed by atoms with Crippen molar-refractivity contribution in [3.63, 3.8) is 0 Å². The van der Waals surface area contributed by atoms with Crippen LogP contribution in [-0.4, -0.2) is 5.11 Å². The molecule has 4 heteroatoms. The van der Waals surface area contributed by atoms with Crippen LogP contribution < -0.4 is 0 Å². The van der Waals surface area contributed by atoms with Crippen molar-refractivity contribution in [1.29, 1.82) is 0 Å². The van der Waals surface area contributed by atoms with Crippen molar-refractivity contribution in [1.82, 2.24) is 0 Å². The van der Waals surface area contributed by atoms with Crippen molar-refractivity contribution in [2.75, 3.05) is 0 Å². The summed E-state index contributed by atoms with van der Waals surface area (Å²) >= 11 is 9.40. The van der Waals surface area contributed by atoms with Crippen LogP contribution in [0.5, 0.6) is 0 Å². The fraction of sp³-hybridized carbons (Fsp3) is 0.200. The Morgan fingerprint density at radius 1 is 1.26 bits per heavy atom. The van der Waals surface area contributed by atoms with Crippen LogP contribution in [0.2, 0.25) is 5.02 Å². The van der Waals surface area contributed by atoms with E-state index in [0.29, 0.717) is 21.5 Å². The zero-order chi connectivity index (χ0) is 14.0. The van der Waals surface area contributed by atoms with Gasteiger partial charge in [-0.25, -0.2) is 4.39 Å². The maximum absolute atomic E-state index is 13.0. The van der Waals surface area contributed by atoms with Gasteiger partial charge in [0.2, 0.25) is 0 Å². The first-order valence-electron chi connectivity index (χ1n) is 5.85. The van der Waals surface area contributed by atoms with Crippen LogP contribution in [0.15, 0.2) is 40.9 Å². The highest BCUT2D eigenvalue weighted by Crippen LogP contribution is 2.29. The molecule has 0 spiro atoms. The minimum absolute atomic E-state index is 0.337. The van der Waals surface area contributed by atoms with E-state index in [0.717, 1.165) is 11.1 Å². The average Bonchev–Trinajstić information content (AvgIpc) is 2.32. The summed E-state index contributed by atoms with van der Waals surface area (Å²) in [6.07, 6.45) is -0.334. The lowest BCUT2D eigenvalue weighted by Gasteiger charge is -2.14. The van der Waals surface area contributed by atoms with E-state index in [-0.39, 0.29) is 5.82 Å². The van der Waals surface area contributed by atoms with Crippen molar-refractivity contribution in [2.45, 2.75) is 19.4 Å². The summed E-state index contributed by atoms with van der Waals surface area (Å²) in [4.78, 5) is 0. The molecule has 100 valence electrons. The summed E-state index contributed by atoms with van der Waals surface area (Å²) < 4.78 is 13.6. The van der Waals surface area contributed by atoms with Gasteiger partial charge in [-0.15, -0.1) is 0 Å². The number of hydrogen-bond donors (Lipinski definition) is 1. The second kappa shape index (κ2) is 6.04. The van der Waals surface area contributed by atoms with Crippen LogP contribution >= 0.6 is 27.5 Å². The molecule has 0 aromatic heterocycles. The Morgan fingerprint density at radius 3 is 2.63 bits per heavy atom. The van der Waals surface area contributed by atoms with E-state index in [4.69, 9.17) is 11.6 Å². The van der Waals surface area contributed by atoms with Crippen LogP contribution in [0, 0.1) is 12.7 Å². The minimum Gasteiger partial charge on any atom is -0.388 e. The third-order valence-corrected chi connectivity index (χ3v) is 3.98. The summed E-state index contributed by atoms with van der Waals surface area (Å²) in [5, 5.41) is 10.9. The quantitative estimate of drug-likeness (QED) is 0.846. The molecule has 1 unspecified atom stereocenters. The van der Waals surface area contributed by atoms with Gasteiger partial charge in [-0.2, -0.15) is 0 Å². The average molecular weight is 344 g/mol. The molecule has 1 N–H and O–H groups in total. The number of hydrogen-bond acceptors (Lipinski definition) is 1. The zero-order valence-electron chi connectivity index (χ0n) is 10.3. The molecule has 0 aliphatic carbocycles.